The Morgan fingerprint density at radius 1 is 1.08 bits per heavy atom. The first-order valence-corrected chi connectivity index (χ1v) is 4.97. The topological polar surface area (TPSA) is 23.8 Å². The zero-order valence-corrected chi connectivity index (χ0v) is 8.80. The second-order valence-corrected chi connectivity index (χ2v) is 4.30. The Hall–Kier alpha value is -0.510. The average Bonchev–Trinajstić information content (AvgIpc) is 1.96. The van der Waals surface area contributed by atoms with Gasteiger partial charge in [0.15, 0.2) is 0 Å². The molecule has 0 heterocycles. The molecule has 1 unspecified atom stereocenters. The minimum absolute atomic E-state index is 0.267. The van der Waals surface area contributed by atoms with Crippen LogP contribution in [0.2, 0.25) is 0 Å². The highest BCUT2D eigenvalue weighted by Gasteiger charge is 2.11. The molecule has 0 aromatic heterocycles. The fraction of sp³-hybridized carbons (Fsp3) is 0.909. The van der Waals surface area contributed by atoms with Gasteiger partial charge in [0.05, 0.1) is 6.07 Å². The zero-order chi connectivity index (χ0) is 9.56. The van der Waals surface area contributed by atoms with E-state index in [0.29, 0.717) is 5.92 Å². The van der Waals surface area contributed by atoms with Crippen LogP contribution >= 0.6 is 0 Å². The molecule has 0 spiro atoms. The van der Waals surface area contributed by atoms with Crippen LogP contribution in [-0.4, -0.2) is 0 Å². The normalized spacial score (nSPS) is 13.4. The molecule has 0 bridgehead atoms. The van der Waals surface area contributed by atoms with Crippen molar-refractivity contribution in [3.63, 3.8) is 0 Å². The highest BCUT2D eigenvalue weighted by Crippen LogP contribution is 2.18. The Morgan fingerprint density at radius 2 is 1.67 bits per heavy atom. The van der Waals surface area contributed by atoms with E-state index in [0.717, 1.165) is 12.3 Å². The smallest absolute Gasteiger partial charge is 0.0658 e. The maximum absolute atomic E-state index is 8.81. The summed E-state index contributed by atoms with van der Waals surface area (Å²) in [7, 11) is 0. The van der Waals surface area contributed by atoms with Crippen LogP contribution in [0.25, 0.3) is 0 Å². The minimum atomic E-state index is 0.267. The largest absolute Gasteiger partial charge is 0.198 e. The molecular formula is C11H21N. The van der Waals surface area contributed by atoms with Crippen molar-refractivity contribution in [2.45, 2.75) is 47.0 Å². The predicted molar refractivity (Wildman–Crippen MR) is 52.6 cm³/mol. The lowest BCUT2D eigenvalue weighted by atomic mass is 9.91. The standard InChI is InChI=1S/C11H21N/c1-9(2)6-5-7-11(8-12)10(3)4/h9-11H,5-7H2,1-4H3. The molecule has 0 amide bonds. The summed E-state index contributed by atoms with van der Waals surface area (Å²) in [6, 6.07) is 2.38. The molecule has 0 aromatic carbocycles. The van der Waals surface area contributed by atoms with Crippen molar-refractivity contribution in [2.75, 3.05) is 0 Å². The van der Waals surface area contributed by atoms with Crippen LogP contribution in [0.5, 0.6) is 0 Å². The molecule has 0 aliphatic heterocycles. The molecule has 0 N–H and O–H groups in total. The van der Waals surface area contributed by atoms with E-state index in [9.17, 15) is 0 Å². The van der Waals surface area contributed by atoms with Crippen molar-refractivity contribution in [1.82, 2.24) is 0 Å². The molecule has 1 heteroatoms. The first-order chi connectivity index (χ1) is 5.57. The number of hydrogen-bond acceptors (Lipinski definition) is 1. The van der Waals surface area contributed by atoms with E-state index in [1.807, 2.05) is 0 Å². The van der Waals surface area contributed by atoms with E-state index in [1.165, 1.54) is 12.8 Å². The maximum atomic E-state index is 8.81. The van der Waals surface area contributed by atoms with Crippen LogP contribution in [-0.2, 0) is 0 Å². The Morgan fingerprint density at radius 3 is 2.00 bits per heavy atom. The van der Waals surface area contributed by atoms with E-state index >= 15 is 0 Å². The highest BCUT2D eigenvalue weighted by atomic mass is 14.3. The maximum Gasteiger partial charge on any atom is 0.0658 e. The van der Waals surface area contributed by atoms with E-state index in [4.69, 9.17) is 5.26 Å². The van der Waals surface area contributed by atoms with Crippen molar-refractivity contribution >= 4 is 0 Å². The molecule has 0 aromatic rings. The third-order valence-electron chi connectivity index (χ3n) is 2.27. The summed E-state index contributed by atoms with van der Waals surface area (Å²) >= 11 is 0. The molecule has 70 valence electrons. The van der Waals surface area contributed by atoms with Gasteiger partial charge in [0, 0.05) is 5.92 Å². The van der Waals surface area contributed by atoms with Crippen molar-refractivity contribution in [3.05, 3.63) is 0 Å². The van der Waals surface area contributed by atoms with Crippen molar-refractivity contribution in [1.29, 1.82) is 5.26 Å². The van der Waals surface area contributed by atoms with Gasteiger partial charge in [0.2, 0.25) is 0 Å². The van der Waals surface area contributed by atoms with Gasteiger partial charge in [0.25, 0.3) is 0 Å². The quantitative estimate of drug-likeness (QED) is 0.613. The fourth-order valence-corrected chi connectivity index (χ4v) is 1.29. The Labute approximate surface area is 76.8 Å². The summed E-state index contributed by atoms with van der Waals surface area (Å²) in [6.07, 6.45) is 3.53. The van der Waals surface area contributed by atoms with Crippen molar-refractivity contribution < 1.29 is 0 Å². The van der Waals surface area contributed by atoms with Gasteiger partial charge in [0.1, 0.15) is 0 Å². The van der Waals surface area contributed by atoms with Gasteiger partial charge in [-0.2, -0.15) is 5.26 Å². The highest BCUT2D eigenvalue weighted by molar-refractivity contribution is 4.84. The zero-order valence-electron chi connectivity index (χ0n) is 8.80. The number of hydrogen-bond donors (Lipinski definition) is 0. The van der Waals surface area contributed by atoms with Gasteiger partial charge in [-0.1, -0.05) is 40.5 Å². The van der Waals surface area contributed by atoms with Crippen molar-refractivity contribution in [2.24, 2.45) is 17.8 Å². The molecule has 0 aliphatic carbocycles. The van der Waals surface area contributed by atoms with E-state index in [1.54, 1.807) is 0 Å². The first kappa shape index (κ1) is 11.5. The van der Waals surface area contributed by atoms with Gasteiger partial charge in [-0.3, -0.25) is 0 Å². The van der Waals surface area contributed by atoms with E-state index in [2.05, 4.69) is 33.8 Å². The lowest BCUT2D eigenvalue weighted by Crippen LogP contribution is -2.06. The van der Waals surface area contributed by atoms with Crippen LogP contribution < -0.4 is 0 Å². The second-order valence-electron chi connectivity index (χ2n) is 4.30. The number of rotatable bonds is 5. The lowest BCUT2D eigenvalue weighted by Gasteiger charge is -2.12. The van der Waals surface area contributed by atoms with Gasteiger partial charge in [-0.05, 0) is 18.3 Å². The summed E-state index contributed by atoms with van der Waals surface area (Å²) in [6.45, 7) is 8.72. The molecule has 12 heavy (non-hydrogen) atoms. The molecule has 0 saturated heterocycles. The summed E-state index contributed by atoms with van der Waals surface area (Å²) in [5, 5.41) is 8.81. The molecule has 0 fully saturated rings. The van der Waals surface area contributed by atoms with Crippen LogP contribution in [0.15, 0.2) is 0 Å². The van der Waals surface area contributed by atoms with Crippen molar-refractivity contribution in [3.8, 4) is 6.07 Å². The SMILES string of the molecule is CC(C)CCCC(C#N)C(C)C. The van der Waals surface area contributed by atoms with Gasteiger partial charge in [-0.25, -0.2) is 0 Å². The molecule has 0 radical (unpaired) electrons. The van der Waals surface area contributed by atoms with Gasteiger partial charge >= 0.3 is 0 Å². The summed E-state index contributed by atoms with van der Waals surface area (Å²) in [5.41, 5.74) is 0. The Bertz CT molecular complexity index is 142. The van der Waals surface area contributed by atoms with Crippen LogP contribution in [0.1, 0.15) is 47.0 Å². The summed E-state index contributed by atoms with van der Waals surface area (Å²) in [5.74, 6) is 1.56. The summed E-state index contributed by atoms with van der Waals surface area (Å²) < 4.78 is 0. The minimum Gasteiger partial charge on any atom is -0.198 e. The summed E-state index contributed by atoms with van der Waals surface area (Å²) in [4.78, 5) is 0. The van der Waals surface area contributed by atoms with Gasteiger partial charge in [-0.15, -0.1) is 0 Å². The Kier molecular flexibility index (Phi) is 5.80. The molecule has 0 saturated carbocycles. The van der Waals surface area contributed by atoms with Crippen LogP contribution in [0.4, 0.5) is 0 Å². The number of nitriles is 1. The molecule has 0 aliphatic rings. The lowest BCUT2D eigenvalue weighted by molar-refractivity contribution is 0.410. The monoisotopic (exact) mass is 167 g/mol. The average molecular weight is 167 g/mol. The Balaban J connectivity index is 3.54. The fourth-order valence-electron chi connectivity index (χ4n) is 1.29. The third kappa shape index (κ3) is 5.18. The molecular weight excluding hydrogens is 146 g/mol. The molecule has 1 atom stereocenters. The van der Waals surface area contributed by atoms with E-state index in [-0.39, 0.29) is 5.92 Å². The third-order valence-corrected chi connectivity index (χ3v) is 2.27. The van der Waals surface area contributed by atoms with Gasteiger partial charge < -0.3 is 0 Å². The van der Waals surface area contributed by atoms with Crippen LogP contribution in [0, 0.1) is 29.1 Å². The molecule has 1 nitrogen and oxygen atoms in total. The van der Waals surface area contributed by atoms with Crippen LogP contribution in [0.3, 0.4) is 0 Å². The first-order valence-electron chi connectivity index (χ1n) is 4.97. The van der Waals surface area contributed by atoms with E-state index < -0.39 is 0 Å². The second kappa shape index (κ2) is 6.06. The predicted octanol–water partition coefficient (Wildman–Crippen LogP) is 3.61. The number of nitrogens with zero attached hydrogens (tertiary/aromatic N) is 1. The molecule has 0 rings (SSSR count).